The van der Waals surface area contributed by atoms with Crippen molar-refractivity contribution < 1.29 is 9.53 Å². The minimum Gasteiger partial charge on any atom is -0.495 e. The summed E-state index contributed by atoms with van der Waals surface area (Å²) in [5.41, 5.74) is 2.54. The molecule has 13 heavy (non-hydrogen) atoms. The molecule has 0 spiro atoms. The number of urea groups is 1. The smallest absolute Gasteiger partial charge is 0.333 e. The fourth-order valence-corrected chi connectivity index (χ4v) is 0.906. The molecular formula is C8H11N3O2. The predicted octanol–water partition coefficient (Wildman–Crippen LogP) is 0.690. The molecule has 0 aliphatic carbocycles. The monoisotopic (exact) mass is 181 g/mol. The molecule has 1 rings (SSSR count). The average Bonchev–Trinajstić information content (AvgIpc) is 2.18. The molecule has 0 atom stereocenters. The highest BCUT2D eigenvalue weighted by Gasteiger charge is 2.03. The number of amides is 2. The van der Waals surface area contributed by atoms with Gasteiger partial charge in [0.1, 0.15) is 5.75 Å². The first-order valence-corrected chi connectivity index (χ1v) is 3.68. The Bertz CT molecular complexity index is 301. The highest BCUT2D eigenvalue weighted by Crippen LogP contribution is 2.22. The molecule has 0 aromatic heterocycles. The van der Waals surface area contributed by atoms with E-state index in [-0.39, 0.29) is 0 Å². The molecule has 0 saturated heterocycles. The second kappa shape index (κ2) is 4.32. The fourth-order valence-electron chi connectivity index (χ4n) is 0.906. The number of carbonyl (C=O) groups excluding carboxylic acids is 1. The number of hydrogen-bond donors (Lipinski definition) is 3. The van der Waals surface area contributed by atoms with Gasteiger partial charge < -0.3 is 10.1 Å². The molecule has 5 nitrogen and oxygen atoms in total. The van der Waals surface area contributed by atoms with Crippen molar-refractivity contribution in [2.75, 3.05) is 12.4 Å². The number of rotatable bonds is 2. The van der Waals surface area contributed by atoms with E-state index in [1.54, 1.807) is 18.2 Å². The molecule has 0 radical (unpaired) electrons. The van der Waals surface area contributed by atoms with Crippen LogP contribution in [-0.4, -0.2) is 13.1 Å². The Hall–Kier alpha value is -1.75. The number of anilines is 1. The lowest BCUT2D eigenvalue weighted by Gasteiger charge is -2.08. The Balaban J connectivity index is 2.81. The largest absolute Gasteiger partial charge is 0.495 e. The van der Waals surface area contributed by atoms with Crippen molar-refractivity contribution in [2.24, 2.45) is 5.84 Å². The van der Waals surface area contributed by atoms with Crippen molar-refractivity contribution in [3.05, 3.63) is 24.3 Å². The minimum atomic E-state index is -0.482. The van der Waals surface area contributed by atoms with Crippen molar-refractivity contribution >= 4 is 11.7 Å². The first kappa shape index (κ1) is 9.34. The summed E-state index contributed by atoms with van der Waals surface area (Å²) in [4.78, 5) is 10.8. The van der Waals surface area contributed by atoms with E-state index in [1.807, 2.05) is 11.5 Å². The van der Waals surface area contributed by atoms with Crippen molar-refractivity contribution in [1.82, 2.24) is 5.43 Å². The van der Waals surface area contributed by atoms with Crippen LogP contribution >= 0.6 is 0 Å². The number of nitrogens with two attached hydrogens (primary N) is 1. The van der Waals surface area contributed by atoms with Gasteiger partial charge in [-0.1, -0.05) is 12.1 Å². The number of ether oxygens (including phenoxy) is 1. The molecule has 4 N–H and O–H groups in total. The van der Waals surface area contributed by atoms with E-state index in [9.17, 15) is 4.79 Å². The second-order valence-corrected chi connectivity index (χ2v) is 2.30. The van der Waals surface area contributed by atoms with Gasteiger partial charge in [0.2, 0.25) is 0 Å². The van der Waals surface area contributed by atoms with Gasteiger partial charge in [-0.05, 0) is 12.1 Å². The summed E-state index contributed by atoms with van der Waals surface area (Å²) in [5, 5.41) is 2.51. The summed E-state index contributed by atoms with van der Waals surface area (Å²) in [6.45, 7) is 0. The lowest BCUT2D eigenvalue weighted by molar-refractivity contribution is 0.252. The molecular weight excluding hydrogens is 170 g/mol. The average molecular weight is 181 g/mol. The number of nitrogens with one attached hydrogen (secondary N) is 2. The standard InChI is InChI=1S/C8H11N3O2/c1-13-7-5-3-2-4-6(7)10-8(12)11-9/h2-5H,9H2,1H3,(H2,10,11,12). The molecule has 2 amide bonds. The fraction of sp³-hybridized carbons (Fsp3) is 0.125. The summed E-state index contributed by atoms with van der Waals surface area (Å²) in [7, 11) is 1.53. The molecule has 0 heterocycles. The number of hydrazine groups is 1. The number of carbonyl (C=O) groups is 1. The van der Waals surface area contributed by atoms with Crippen LogP contribution < -0.4 is 21.3 Å². The van der Waals surface area contributed by atoms with Crippen molar-refractivity contribution in [3.8, 4) is 5.75 Å². The zero-order valence-corrected chi connectivity index (χ0v) is 7.20. The second-order valence-electron chi connectivity index (χ2n) is 2.30. The normalized spacial score (nSPS) is 9.08. The molecule has 5 heteroatoms. The van der Waals surface area contributed by atoms with Crippen LogP contribution in [-0.2, 0) is 0 Å². The van der Waals surface area contributed by atoms with E-state index in [1.165, 1.54) is 7.11 Å². The SMILES string of the molecule is COc1ccccc1NC(=O)NN. The van der Waals surface area contributed by atoms with Crippen molar-refractivity contribution in [1.29, 1.82) is 0 Å². The molecule has 1 aromatic carbocycles. The maximum atomic E-state index is 10.8. The van der Waals surface area contributed by atoms with E-state index < -0.39 is 6.03 Å². The number of para-hydroxylation sites is 2. The third-order valence-corrected chi connectivity index (χ3v) is 1.49. The van der Waals surface area contributed by atoms with Crippen LogP contribution in [0.1, 0.15) is 0 Å². The summed E-state index contributed by atoms with van der Waals surface area (Å²) in [6.07, 6.45) is 0. The van der Waals surface area contributed by atoms with Crippen LogP contribution in [0.15, 0.2) is 24.3 Å². The molecule has 1 aromatic rings. The molecule has 0 unspecified atom stereocenters. The van der Waals surface area contributed by atoms with Crippen LogP contribution in [0.5, 0.6) is 5.75 Å². The van der Waals surface area contributed by atoms with Gasteiger partial charge in [-0.3, -0.25) is 5.43 Å². The van der Waals surface area contributed by atoms with Crippen molar-refractivity contribution in [2.45, 2.75) is 0 Å². The first-order chi connectivity index (χ1) is 6.27. The Kier molecular flexibility index (Phi) is 3.10. The first-order valence-electron chi connectivity index (χ1n) is 3.68. The summed E-state index contributed by atoms with van der Waals surface area (Å²) in [5.74, 6) is 5.50. The summed E-state index contributed by atoms with van der Waals surface area (Å²) < 4.78 is 5.01. The van der Waals surface area contributed by atoms with Crippen molar-refractivity contribution in [3.63, 3.8) is 0 Å². The Morgan fingerprint density at radius 1 is 1.46 bits per heavy atom. The van der Waals surface area contributed by atoms with Gasteiger partial charge >= 0.3 is 6.03 Å². The third kappa shape index (κ3) is 2.34. The third-order valence-electron chi connectivity index (χ3n) is 1.49. The zero-order chi connectivity index (χ0) is 9.68. The Morgan fingerprint density at radius 2 is 2.15 bits per heavy atom. The van der Waals surface area contributed by atoms with E-state index in [2.05, 4.69) is 5.32 Å². The van der Waals surface area contributed by atoms with Gasteiger partial charge in [-0.15, -0.1) is 0 Å². The lowest BCUT2D eigenvalue weighted by Crippen LogP contribution is -2.34. The quantitative estimate of drug-likeness (QED) is 0.357. The van der Waals surface area contributed by atoms with E-state index in [0.29, 0.717) is 11.4 Å². The van der Waals surface area contributed by atoms with Gasteiger partial charge in [-0.25, -0.2) is 10.6 Å². The maximum absolute atomic E-state index is 10.8. The van der Waals surface area contributed by atoms with Crippen LogP contribution in [0.4, 0.5) is 10.5 Å². The molecule has 0 fully saturated rings. The number of hydrogen-bond acceptors (Lipinski definition) is 3. The van der Waals surface area contributed by atoms with Crippen LogP contribution in [0.25, 0.3) is 0 Å². The van der Waals surface area contributed by atoms with Crippen LogP contribution in [0, 0.1) is 0 Å². The maximum Gasteiger partial charge on any atom is 0.333 e. The zero-order valence-electron chi connectivity index (χ0n) is 7.20. The summed E-state index contributed by atoms with van der Waals surface area (Å²) in [6, 6.07) is 6.57. The Labute approximate surface area is 75.8 Å². The molecule has 0 bridgehead atoms. The van der Waals surface area contributed by atoms with Gasteiger partial charge in [0.15, 0.2) is 0 Å². The predicted molar refractivity (Wildman–Crippen MR) is 49.3 cm³/mol. The van der Waals surface area contributed by atoms with E-state index in [0.717, 1.165) is 0 Å². The molecule has 0 aliphatic heterocycles. The van der Waals surface area contributed by atoms with Gasteiger partial charge in [0.05, 0.1) is 12.8 Å². The minimum absolute atomic E-state index is 0.482. The number of benzene rings is 1. The van der Waals surface area contributed by atoms with E-state index in [4.69, 9.17) is 10.6 Å². The molecule has 0 aliphatic rings. The lowest BCUT2D eigenvalue weighted by atomic mass is 10.3. The number of methoxy groups -OCH3 is 1. The molecule has 70 valence electrons. The van der Waals surface area contributed by atoms with E-state index >= 15 is 0 Å². The van der Waals surface area contributed by atoms with Crippen LogP contribution in [0.2, 0.25) is 0 Å². The summed E-state index contributed by atoms with van der Waals surface area (Å²) >= 11 is 0. The highest BCUT2D eigenvalue weighted by atomic mass is 16.5. The highest BCUT2D eigenvalue weighted by molar-refractivity contribution is 5.90. The van der Waals surface area contributed by atoms with Crippen LogP contribution in [0.3, 0.4) is 0 Å². The van der Waals surface area contributed by atoms with Gasteiger partial charge in [0, 0.05) is 0 Å². The molecule has 0 saturated carbocycles. The Morgan fingerprint density at radius 3 is 2.77 bits per heavy atom. The van der Waals surface area contributed by atoms with Gasteiger partial charge in [0.25, 0.3) is 0 Å². The topological polar surface area (TPSA) is 76.4 Å². The van der Waals surface area contributed by atoms with Gasteiger partial charge in [-0.2, -0.15) is 0 Å².